The van der Waals surface area contributed by atoms with Crippen molar-refractivity contribution in [2.24, 2.45) is 0 Å². The lowest BCUT2D eigenvalue weighted by Gasteiger charge is -2.11. The molecule has 0 radical (unpaired) electrons. The van der Waals surface area contributed by atoms with Crippen molar-refractivity contribution in [2.45, 2.75) is 13.5 Å². The normalized spacial score (nSPS) is 11.9. The number of hydrogen-bond acceptors (Lipinski definition) is 7. The van der Waals surface area contributed by atoms with Gasteiger partial charge in [0.1, 0.15) is 11.3 Å². The predicted octanol–water partition coefficient (Wildman–Crippen LogP) is 3.97. The molecular weight excluding hydrogens is 450 g/mol. The highest BCUT2D eigenvalue weighted by molar-refractivity contribution is 6.02. The first-order valence-electron chi connectivity index (χ1n) is 11.0. The minimum absolute atomic E-state index is 0.0698. The fraction of sp³-hybridized carbons (Fsp3) is 0.148. The number of fused-ring (bicyclic) bond motifs is 2. The topological polar surface area (TPSA) is 104 Å². The third kappa shape index (κ3) is 4.46. The molecule has 3 aromatic carbocycles. The fourth-order valence-electron chi connectivity index (χ4n) is 3.85. The molecule has 0 atom stereocenters. The molecule has 5 rings (SSSR count). The zero-order valence-corrected chi connectivity index (χ0v) is 18.8. The standard InChI is InChI=1S/C27H21NO7/c1-16-24(30)19-8-5-9-20(26(19)35-25(16)18-6-3-2-4-7-18)27(31)32-14-23(29)28-13-17-10-11-21-22(12-17)34-15-33-21/h2-12H,13-15H2,1H3,(H,28,29). The van der Waals surface area contributed by atoms with Gasteiger partial charge in [-0.1, -0.05) is 42.5 Å². The molecule has 176 valence electrons. The Balaban J connectivity index is 1.31. The molecule has 8 heteroatoms. The molecule has 0 saturated heterocycles. The third-order valence-electron chi connectivity index (χ3n) is 5.66. The summed E-state index contributed by atoms with van der Waals surface area (Å²) in [6.45, 7) is 1.60. The monoisotopic (exact) mass is 471 g/mol. The number of esters is 1. The maximum absolute atomic E-state index is 13.0. The van der Waals surface area contributed by atoms with E-state index in [9.17, 15) is 14.4 Å². The lowest BCUT2D eigenvalue weighted by atomic mass is 10.0. The van der Waals surface area contributed by atoms with E-state index >= 15 is 0 Å². The highest BCUT2D eigenvalue weighted by Crippen LogP contribution is 2.32. The Morgan fingerprint density at radius 3 is 2.60 bits per heavy atom. The second-order valence-corrected chi connectivity index (χ2v) is 7.97. The Kier molecular flexibility index (Phi) is 5.93. The van der Waals surface area contributed by atoms with Gasteiger partial charge in [0.25, 0.3) is 5.91 Å². The Labute approximate surface area is 200 Å². The van der Waals surface area contributed by atoms with E-state index in [0.29, 0.717) is 22.8 Å². The summed E-state index contributed by atoms with van der Waals surface area (Å²) in [6.07, 6.45) is 0. The first-order chi connectivity index (χ1) is 17.0. The number of rotatable bonds is 6. The molecule has 4 aromatic rings. The maximum Gasteiger partial charge on any atom is 0.342 e. The highest BCUT2D eigenvalue weighted by atomic mass is 16.7. The van der Waals surface area contributed by atoms with Crippen LogP contribution >= 0.6 is 0 Å². The molecule has 0 aliphatic carbocycles. The van der Waals surface area contributed by atoms with E-state index in [1.54, 1.807) is 31.2 Å². The molecule has 1 aliphatic heterocycles. The van der Waals surface area contributed by atoms with Gasteiger partial charge in [-0.25, -0.2) is 4.79 Å². The van der Waals surface area contributed by atoms with Gasteiger partial charge in [0.2, 0.25) is 6.79 Å². The fourth-order valence-corrected chi connectivity index (χ4v) is 3.85. The van der Waals surface area contributed by atoms with Crippen molar-refractivity contribution in [3.63, 3.8) is 0 Å². The van der Waals surface area contributed by atoms with E-state index in [0.717, 1.165) is 11.1 Å². The van der Waals surface area contributed by atoms with Crippen LogP contribution < -0.4 is 20.2 Å². The smallest absolute Gasteiger partial charge is 0.342 e. The summed E-state index contributed by atoms with van der Waals surface area (Å²) < 4.78 is 21.8. The average Bonchev–Trinajstić information content (AvgIpc) is 3.36. The molecule has 0 fully saturated rings. The Morgan fingerprint density at radius 1 is 0.971 bits per heavy atom. The molecule has 1 aromatic heterocycles. The summed E-state index contributed by atoms with van der Waals surface area (Å²) in [5.74, 6) is 0.412. The SMILES string of the molecule is Cc1c(-c2ccccc2)oc2c(C(=O)OCC(=O)NCc3ccc4c(c3)OCO4)cccc2c1=O. The molecule has 35 heavy (non-hydrogen) atoms. The predicted molar refractivity (Wildman–Crippen MR) is 127 cm³/mol. The first kappa shape index (κ1) is 22.2. The van der Waals surface area contributed by atoms with Gasteiger partial charge in [-0.3, -0.25) is 9.59 Å². The van der Waals surface area contributed by atoms with Crippen LogP contribution in [0.1, 0.15) is 21.5 Å². The number of benzene rings is 3. The molecular formula is C27H21NO7. The number of para-hydroxylation sites is 1. The number of ether oxygens (including phenoxy) is 3. The minimum atomic E-state index is -0.764. The molecule has 1 aliphatic rings. The van der Waals surface area contributed by atoms with E-state index in [2.05, 4.69) is 5.32 Å². The lowest BCUT2D eigenvalue weighted by molar-refractivity contribution is -0.124. The Bertz CT molecular complexity index is 1490. The van der Waals surface area contributed by atoms with Gasteiger partial charge in [-0.05, 0) is 36.8 Å². The van der Waals surface area contributed by atoms with Crippen LogP contribution in [0.4, 0.5) is 0 Å². The second kappa shape index (κ2) is 9.34. The van der Waals surface area contributed by atoms with Crippen molar-refractivity contribution >= 4 is 22.8 Å². The summed E-state index contributed by atoms with van der Waals surface area (Å²) in [6, 6.07) is 19.2. The summed E-state index contributed by atoms with van der Waals surface area (Å²) in [5.41, 5.74) is 1.93. The maximum atomic E-state index is 13.0. The number of hydrogen-bond donors (Lipinski definition) is 1. The average molecular weight is 471 g/mol. The van der Waals surface area contributed by atoms with Crippen molar-refractivity contribution in [3.05, 3.63) is 93.6 Å². The molecule has 0 saturated carbocycles. The van der Waals surface area contributed by atoms with Crippen molar-refractivity contribution < 1.29 is 28.2 Å². The zero-order valence-electron chi connectivity index (χ0n) is 18.8. The summed E-state index contributed by atoms with van der Waals surface area (Å²) in [5, 5.41) is 2.96. The number of nitrogens with one attached hydrogen (secondary N) is 1. The van der Waals surface area contributed by atoms with Gasteiger partial charge in [-0.2, -0.15) is 0 Å². The second-order valence-electron chi connectivity index (χ2n) is 7.97. The van der Waals surface area contributed by atoms with E-state index in [-0.39, 0.29) is 35.3 Å². The van der Waals surface area contributed by atoms with Gasteiger partial charge in [0.15, 0.2) is 29.1 Å². The van der Waals surface area contributed by atoms with Gasteiger partial charge < -0.3 is 23.9 Å². The van der Waals surface area contributed by atoms with Crippen molar-refractivity contribution in [1.29, 1.82) is 0 Å². The minimum Gasteiger partial charge on any atom is -0.455 e. The zero-order chi connectivity index (χ0) is 24.4. The van der Waals surface area contributed by atoms with Gasteiger partial charge in [-0.15, -0.1) is 0 Å². The van der Waals surface area contributed by atoms with E-state index in [1.165, 1.54) is 6.07 Å². The third-order valence-corrected chi connectivity index (χ3v) is 5.66. The van der Waals surface area contributed by atoms with Crippen LogP contribution in [-0.4, -0.2) is 25.3 Å². The van der Waals surface area contributed by atoms with E-state index in [1.807, 2.05) is 36.4 Å². The Hall–Kier alpha value is -4.59. The summed E-state index contributed by atoms with van der Waals surface area (Å²) >= 11 is 0. The van der Waals surface area contributed by atoms with Crippen LogP contribution in [0, 0.1) is 6.92 Å². The van der Waals surface area contributed by atoms with Crippen LogP contribution in [0.5, 0.6) is 11.5 Å². The quantitative estimate of drug-likeness (QED) is 0.424. The highest BCUT2D eigenvalue weighted by Gasteiger charge is 2.20. The van der Waals surface area contributed by atoms with Crippen LogP contribution in [0.25, 0.3) is 22.3 Å². The van der Waals surface area contributed by atoms with Crippen LogP contribution in [0.15, 0.2) is 75.9 Å². The molecule has 0 bridgehead atoms. The Morgan fingerprint density at radius 2 is 1.77 bits per heavy atom. The lowest BCUT2D eigenvalue weighted by Crippen LogP contribution is -2.28. The molecule has 8 nitrogen and oxygen atoms in total. The summed E-state index contributed by atoms with van der Waals surface area (Å²) in [4.78, 5) is 38.0. The summed E-state index contributed by atoms with van der Waals surface area (Å²) in [7, 11) is 0. The van der Waals surface area contributed by atoms with Crippen molar-refractivity contribution in [3.8, 4) is 22.8 Å². The number of carbonyl (C=O) groups excluding carboxylic acids is 2. The largest absolute Gasteiger partial charge is 0.455 e. The van der Waals surface area contributed by atoms with Crippen LogP contribution in [0.2, 0.25) is 0 Å². The molecule has 0 unspecified atom stereocenters. The number of amides is 1. The molecule has 1 amide bonds. The van der Waals surface area contributed by atoms with Crippen molar-refractivity contribution in [1.82, 2.24) is 5.32 Å². The first-order valence-corrected chi connectivity index (χ1v) is 11.0. The van der Waals surface area contributed by atoms with Crippen LogP contribution in [0.3, 0.4) is 0 Å². The van der Waals surface area contributed by atoms with Crippen LogP contribution in [-0.2, 0) is 16.1 Å². The van der Waals surface area contributed by atoms with Gasteiger partial charge in [0, 0.05) is 17.7 Å². The van der Waals surface area contributed by atoms with Gasteiger partial charge in [0.05, 0.1) is 5.39 Å². The van der Waals surface area contributed by atoms with Crippen molar-refractivity contribution in [2.75, 3.05) is 13.4 Å². The van der Waals surface area contributed by atoms with E-state index in [4.69, 9.17) is 18.6 Å². The molecule has 2 heterocycles. The van der Waals surface area contributed by atoms with Gasteiger partial charge >= 0.3 is 5.97 Å². The molecule has 1 N–H and O–H groups in total. The molecule has 0 spiro atoms. The van der Waals surface area contributed by atoms with E-state index < -0.39 is 18.5 Å². The number of carbonyl (C=O) groups is 2.